The highest BCUT2D eigenvalue weighted by Crippen LogP contribution is 2.21. The minimum atomic E-state index is -0.485. The van der Waals surface area contributed by atoms with Crippen molar-refractivity contribution in [2.75, 3.05) is 39.9 Å². The molecule has 0 radical (unpaired) electrons. The van der Waals surface area contributed by atoms with Crippen LogP contribution in [0.3, 0.4) is 0 Å². The number of amides is 3. The lowest BCUT2D eigenvalue weighted by molar-refractivity contribution is -0.122. The number of carbonyl (C=O) groups excluding carboxylic acids is 2. The molecule has 20 heavy (non-hydrogen) atoms. The maximum Gasteiger partial charge on any atom is 0.321 e. The van der Waals surface area contributed by atoms with Crippen LogP contribution in [-0.4, -0.2) is 62.8 Å². The maximum atomic E-state index is 11.8. The quantitative estimate of drug-likeness (QED) is 0.573. The Kier molecular flexibility index (Phi) is 7.50. The fourth-order valence-electron chi connectivity index (χ4n) is 2.42. The second-order valence-electron chi connectivity index (χ2n) is 5.29. The first-order valence-corrected chi connectivity index (χ1v) is 7.07. The van der Waals surface area contributed by atoms with Crippen LogP contribution in [0.1, 0.15) is 19.8 Å². The number of imide groups is 1. The normalized spacial score (nSPS) is 23.4. The number of ether oxygens (including phenoxy) is 1. The summed E-state index contributed by atoms with van der Waals surface area (Å²) in [7, 11) is 1.55. The van der Waals surface area contributed by atoms with E-state index in [4.69, 9.17) is 10.5 Å². The Labute approximate surface area is 120 Å². The Morgan fingerprint density at radius 1 is 1.45 bits per heavy atom. The van der Waals surface area contributed by atoms with Gasteiger partial charge in [0.05, 0.1) is 13.2 Å². The lowest BCUT2D eigenvalue weighted by Crippen LogP contribution is -2.51. The average molecular weight is 286 g/mol. The molecule has 0 aliphatic carbocycles. The van der Waals surface area contributed by atoms with E-state index in [9.17, 15) is 9.59 Å². The highest BCUT2D eigenvalue weighted by atomic mass is 16.5. The molecule has 1 rings (SSSR count). The fraction of sp³-hybridized carbons (Fsp3) is 0.846. The van der Waals surface area contributed by atoms with Crippen LogP contribution in [0.15, 0.2) is 0 Å². The van der Waals surface area contributed by atoms with Crippen LogP contribution in [0, 0.1) is 5.92 Å². The molecule has 1 heterocycles. The van der Waals surface area contributed by atoms with Gasteiger partial charge in [0.2, 0.25) is 5.91 Å². The summed E-state index contributed by atoms with van der Waals surface area (Å²) in [6.07, 6.45) is 2.06. The third-order valence-electron chi connectivity index (χ3n) is 3.56. The lowest BCUT2D eigenvalue weighted by atomic mass is 9.92. The van der Waals surface area contributed by atoms with Gasteiger partial charge in [-0.15, -0.1) is 0 Å². The molecule has 4 N–H and O–H groups in total. The average Bonchev–Trinajstić information content (AvgIpc) is 2.41. The highest BCUT2D eigenvalue weighted by Gasteiger charge is 2.26. The number of piperidine rings is 1. The number of rotatable bonds is 6. The van der Waals surface area contributed by atoms with Crippen molar-refractivity contribution < 1.29 is 14.3 Å². The third-order valence-corrected chi connectivity index (χ3v) is 3.56. The molecule has 2 unspecified atom stereocenters. The largest absolute Gasteiger partial charge is 0.383 e. The van der Waals surface area contributed by atoms with Gasteiger partial charge in [0.1, 0.15) is 0 Å². The SMILES string of the molecule is COCCNC(=O)NC(=O)CN1CCC(C)CC1CN. The molecule has 116 valence electrons. The number of carbonyl (C=O) groups is 2. The predicted octanol–water partition coefficient (Wildman–Crippen LogP) is -0.482. The molecular formula is C13H26N4O3. The van der Waals surface area contributed by atoms with Crippen molar-refractivity contribution in [3.8, 4) is 0 Å². The van der Waals surface area contributed by atoms with Crippen LogP contribution in [0.25, 0.3) is 0 Å². The lowest BCUT2D eigenvalue weighted by Gasteiger charge is -2.37. The van der Waals surface area contributed by atoms with Gasteiger partial charge in [-0.1, -0.05) is 6.92 Å². The van der Waals surface area contributed by atoms with Crippen molar-refractivity contribution in [1.29, 1.82) is 0 Å². The minimum Gasteiger partial charge on any atom is -0.383 e. The summed E-state index contributed by atoms with van der Waals surface area (Å²) in [5, 5.41) is 4.86. The van der Waals surface area contributed by atoms with Crippen LogP contribution < -0.4 is 16.4 Å². The van der Waals surface area contributed by atoms with Gasteiger partial charge in [0.15, 0.2) is 0 Å². The van der Waals surface area contributed by atoms with Crippen molar-refractivity contribution >= 4 is 11.9 Å². The van der Waals surface area contributed by atoms with E-state index < -0.39 is 6.03 Å². The van der Waals surface area contributed by atoms with Gasteiger partial charge in [0, 0.05) is 26.2 Å². The van der Waals surface area contributed by atoms with Crippen LogP contribution in [0.5, 0.6) is 0 Å². The molecule has 0 aromatic carbocycles. The summed E-state index contributed by atoms with van der Waals surface area (Å²) in [5.74, 6) is 0.341. The van der Waals surface area contributed by atoms with E-state index >= 15 is 0 Å². The van der Waals surface area contributed by atoms with E-state index in [1.165, 1.54) is 0 Å². The summed E-state index contributed by atoms with van der Waals surface area (Å²) < 4.78 is 4.81. The van der Waals surface area contributed by atoms with Gasteiger partial charge in [-0.2, -0.15) is 0 Å². The van der Waals surface area contributed by atoms with E-state index in [2.05, 4.69) is 22.5 Å². The molecule has 7 nitrogen and oxygen atoms in total. The number of urea groups is 1. The molecule has 0 bridgehead atoms. The van der Waals surface area contributed by atoms with Crippen molar-refractivity contribution in [3.63, 3.8) is 0 Å². The molecular weight excluding hydrogens is 260 g/mol. The van der Waals surface area contributed by atoms with Crippen LogP contribution in [0.4, 0.5) is 4.79 Å². The molecule has 2 atom stereocenters. The summed E-state index contributed by atoms with van der Waals surface area (Å²) in [6.45, 7) is 4.60. The second-order valence-corrected chi connectivity index (χ2v) is 5.29. The van der Waals surface area contributed by atoms with E-state index in [0.717, 1.165) is 19.4 Å². The van der Waals surface area contributed by atoms with Crippen molar-refractivity contribution in [2.45, 2.75) is 25.8 Å². The number of nitrogens with zero attached hydrogens (tertiary/aromatic N) is 1. The monoisotopic (exact) mass is 286 g/mol. The molecule has 0 aromatic heterocycles. The smallest absolute Gasteiger partial charge is 0.321 e. The van der Waals surface area contributed by atoms with Gasteiger partial charge in [-0.3, -0.25) is 15.0 Å². The molecule has 0 spiro atoms. The maximum absolute atomic E-state index is 11.8. The van der Waals surface area contributed by atoms with Crippen molar-refractivity contribution in [1.82, 2.24) is 15.5 Å². The molecule has 1 fully saturated rings. The summed E-state index contributed by atoms with van der Waals surface area (Å²) in [5.41, 5.74) is 5.75. The van der Waals surface area contributed by atoms with Gasteiger partial charge in [-0.25, -0.2) is 4.79 Å². The van der Waals surface area contributed by atoms with E-state index in [1.807, 2.05) is 0 Å². The number of hydrogen-bond acceptors (Lipinski definition) is 5. The van der Waals surface area contributed by atoms with Crippen LogP contribution >= 0.6 is 0 Å². The first-order valence-electron chi connectivity index (χ1n) is 7.07. The third kappa shape index (κ3) is 5.85. The number of hydrogen-bond donors (Lipinski definition) is 3. The van der Waals surface area contributed by atoms with Gasteiger partial charge >= 0.3 is 6.03 Å². The Bertz CT molecular complexity index is 325. The molecule has 7 heteroatoms. The summed E-state index contributed by atoms with van der Waals surface area (Å²) in [6, 6.07) is -0.261. The van der Waals surface area contributed by atoms with E-state index in [0.29, 0.717) is 25.6 Å². The standard InChI is InChI=1S/C13H26N4O3/c1-10-3-5-17(11(7-10)8-14)9-12(18)16-13(19)15-4-6-20-2/h10-11H,3-9,14H2,1-2H3,(H2,15,16,18,19). The zero-order chi connectivity index (χ0) is 15.0. The molecule has 1 saturated heterocycles. The highest BCUT2D eigenvalue weighted by molar-refractivity contribution is 5.95. The molecule has 3 amide bonds. The van der Waals surface area contributed by atoms with E-state index in [-0.39, 0.29) is 18.5 Å². The number of nitrogens with one attached hydrogen (secondary N) is 2. The Hall–Kier alpha value is -1.18. The zero-order valence-corrected chi connectivity index (χ0v) is 12.4. The molecule has 1 aliphatic heterocycles. The number of likely N-dealkylation sites (tertiary alicyclic amines) is 1. The Morgan fingerprint density at radius 2 is 2.20 bits per heavy atom. The first kappa shape index (κ1) is 16.9. The molecule has 0 saturated carbocycles. The van der Waals surface area contributed by atoms with Crippen molar-refractivity contribution in [3.05, 3.63) is 0 Å². The van der Waals surface area contributed by atoms with Crippen molar-refractivity contribution in [2.24, 2.45) is 11.7 Å². The van der Waals surface area contributed by atoms with Crippen LogP contribution in [0.2, 0.25) is 0 Å². The zero-order valence-electron chi connectivity index (χ0n) is 12.4. The molecule has 0 aromatic rings. The minimum absolute atomic E-state index is 0.215. The Morgan fingerprint density at radius 3 is 2.85 bits per heavy atom. The predicted molar refractivity (Wildman–Crippen MR) is 76.2 cm³/mol. The fourth-order valence-corrected chi connectivity index (χ4v) is 2.42. The topological polar surface area (TPSA) is 96.7 Å². The van der Waals surface area contributed by atoms with Gasteiger partial charge in [-0.05, 0) is 25.3 Å². The van der Waals surface area contributed by atoms with Gasteiger partial charge in [0.25, 0.3) is 0 Å². The second kappa shape index (κ2) is 8.89. The van der Waals surface area contributed by atoms with Gasteiger partial charge < -0.3 is 15.8 Å². The Balaban J connectivity index is 2.31. The molecule has 1 aliphatic rings. The first-order chi connectivity index (χ1) is 9.56. The summed E-state index contributed by atoms with van der Waals surface area (Å²) in [4.78, 5) is 25.3. The number of methoxy groups -OCH3 is 1. The van der Waals surface area contributed by atoms with Crippen LogP contribution in [-0.2, 0) is 9.53 Å². The number of nitrogens with two attached hydrogens (primary N) is 1. The summed E-state index contributed by atoms with van der Waals surface area (Å²) >= 11 is 0. The van der Waals surface area contributed by atoms with E-state index in [1.54, 1.807) is 7.11 Å².